The standard InChI is InChI=1S/C43H28N2S2/c1-4-10-29(11-5-1)31-16-20-34(21-17-31)45(35-22-18-32(19-23-35)30-12-6-2-7-13-30)36-24-25-37-38-27-42-39(28-41(38)46-40(37)26-36)44-43(47-42)33-14-8-3-9-15-33/h1-28H. The van der Waals surface area contributed by atoms with E-state index in [1.54, 1.807) is 11.3 Å². The molecule has 47 heavy (non-hydrogen) atoms. The zero-order valence-corrected chi connectivity index (χ0v) is 27.0. The van der Waals surface area contributed by atoms with Gasteiger partial charge in [0.2, 0.25) is 0 Å². The summed E-state index contributed by atoms with van der Waals surface area (Å²) in [5.41, 5.74) is 10.5. The number of hydrogen-bond acceptors (Lipinski definition) is 4. The Morgan fingerprint density at radius 3 is 1.43 bits per heavy atom. The van der Waals surface area contributed by atoms with E-state index < -0.39 is 0 Å². The van der Waals surface area contributed by atoms with Crippen molar-refractivity contribution < 1.29 is 0 Å². The number of thiophene rings is 1. The highest BCUT2D eigenvalue weighted by Crippen LogP contribution is 2.43. The summed E-state index contributed by atoms with van der Waals surface area (Å²) in [6.45, 7) is 0. The quantitative estimate of drug-likeness (QED) is 0.181. The van der Waals surface area contributed by atoms with Gasteiger partial charge in [-0.05, 0) is 70.8 Å². The fraction of sp³-hybridized carbons (Fsp3) is 0. The molecule has 0 unspecified atom stereocenters. The maximum Gasteiger partial charge on any atom is 0.124 e. The van der Waals surface area contributed by atoms with Gasteiger partial charge in [-0.25, -0.2) is 4.98 Å². The number of benzene rings is 7. The zero-order valence-electron chi connectivity index (χ0n) is 25.4. The van der Waals surface area contributed by atoms with E-state index in [4.69, 9.17) is 4.98 Å². The van der Waals surface area contributed by atoms with Gasteiger partial charge in [0.05, 0.1) is 10.2 Å². The van der Waals surface area contributed by atoms with Crippen molar-refractivity contribution in [1.29, 1.82) is 0 Å². The van der Waals surface area contributed by atoms with Crippen LogP contribution in [0.2, 0.25) is 0 Å². The average Bonchev–Trinajstić information content (AvgIpc) is 3.72. The molecule has 0 saturated carbocycles. The summed E-state index contributed by atoms with van der Waals surface area (Å²) < 4.78 is 3.75. The third-order valence-corrected chi connectivity index (χ3v) is 10.9. The Labute approximate surface area is 281 Å². The van der Waals surface area contributed by atoms with E-state index in [0.29, 0.717) is 0 Å². The number of nitrogens with zero attached hydrogens (tertiary/aromatic N) is 2. The lowest BCUT2D eigenvalue weighted by molar-refractivity contribution is 1.29. The maximum atomic E-state index is 5.00. The third-order valence-electron chi connectivity index (χ3n) is 8.71. The van der Waals surface area contributed by atoms with Crippen LogP contribution in [0.4, 0.5) is 17.1 Å². The topological polar surface area (TPSA) is 16.1 Å². The van der Waals surface area contributed by atoms with E-state index in [2.05, 4.69) is 169 Å². The molecule has 2 nitrogen and oxygen atoms in total. The molecule has 0 bridgehead atoms. The molecule has 0 radical (unpaired) electrons. The Balaban J connectivity index is 1.14. The Kier molecular flexibility index (Phi) is 6.89. The van der Waals surface area contributed by atoms with Gasteiger partial charge in [-0.2, -0.15) is 0 Å². The van der Waals surface area contributed by atoms with Crippen molar-refractivity contribution in [3.8, 4) is 32.8 Å². The average molecular weight is 637 g/mol. The van der Waals surface area contributed by atoms with Gasteiger partial charge in [0, 0.05) is 42.8 Å². The predicted molar refractivity (Wildman–Crippen MR) is 203 cm³/mol. The maximum absolute atomic E-state index is 5.00. The molecule has 0 aliphatic carbocycles. The highest BCUT2D eigenvalue weighted by molar-refractivity contribution is 7.26. The van der Waals surface area contributed by atoms with Crippen LogP contribution >= 0.6 is 22.7 Å². The molecule has 0 spiro atoms. The molecule has 7 aromatic carbocycles. The van der Waals surface area contributed by atoms with Crippen LogP contribution in [0.25, 0.3) is 63.2 Å². The lowest BCUT2D eigenvalue weighted by Gasteiger charge is -2.26. The molecule has 0 atom stereocenters. The highest BCUT2D eigenvalue weighted by atomic mass is 32.1. The lowest BCUT2D eigenvalue weighted by Crippen LogP contribution is -2.09. The molecule has 4 heteroatoms. The molecule has 0 aliphatic heterocycles. The van der Waals surface area contributed by atoms with Crippen LogP contribution in [-0.4, -0.2) is 4.98 Å². The van der Waals surface area contributed by atoms with Gasteiger partial charge in [-0.3, -0.25) is 0 Å². The van der Waals surface area contributed by atoms with Crippen molar-refractivity contribution in [1.82, 2.24) is 4.98 Å². The second-order valence-corrected chi connectivity index (χ2v) is 13.8. The van der Waals surface area contributed by atoms with Gasteiger partial charge in [-0.1, -0.05) is 121 Å². The van der Waals surface area contributed by atoms with E-state index in [0.717, 1.165) is 27.6 Å². The molecular formula is C43H28N2S2. The Hall–Kier alpha value is -5.55. The fourth-order valence-corrected chi connectivity index (χ4v) is 8.49. The Morgan fingerprint density at radius 1 is 0.362 bits per heavy atom. The molecule has 2 heterocycles. The smallest absolute Gasteiger partial charge is 0.124 e. The second-order valence-electron chi connectivity index (χ2n) is 11.6. The largest absolute Gasteiger partial charge is 0.310 e. The summed E-state index contributed by atoms with van der Waals surface area (Å²) in [6.07, 6.45) is 0. The van der Waals surface area contributed by atoms with Crippen molar-refractivity contribution in [3.63, 3.8) is 0 Å². The van der Waals surface area contributed by atoms with Crippen molar-refractivity contribution >= 4 is 70.1 Å². The van der Waals surface area contributed by atoms with Gasteiger partial charge in [0.15, 0.2) is 0 Å². The number of fused-ring (bicyclic) bond motifs is 4. The van der Waals surface area contributed by atoms with Crippen LogP contribution < -0.4 is 4.90 Å². The Bertz CT molecular complexity index is 2400. The van der Waals surface area contributed by atoms with E-state index in [1.807, 2.05) is 17.4 Å². The molecule has 9 rings (SSSR count). The number of aromatic nitrogens is 1. The van der Waals surface area contributed by atoms with Gasteiger partial charge < -0.3 is 4.90 Å². The molecule has 222 valence electrons. The lowest BCUT2D eigenvalue weighted by atomic mass is 10.0. The van der Waals surface area contributed by atoms with Crippen LogP contribution in [-0.2, 0) is 0 Å². The number of anilines is 3. The van der Waals surface area contributed by atoms with Crippen LogP contribution in [0.3, 0.4) is 0 Å². The Morgan fingerprint density at radius 2 is 0.851 bits per heavy atom. The van der Waals surface area contributed by atoms with Gasteiger partial charge in [0.25, 0.3) is 0 Å². The van der Waals surface area contributed by atoms with Crippen molar-refractivity contribution in [3.05, 3.63) is 170 Å². The molecule has 0 saturated heterocycles. The highest BCUT2D eigenvalue weighted by Gasteiger charge is 2.17. The summed E-state index contributed by atoms with van der Waals surface area (Å²) >= 11 is 3.60. The second kappa shape index (κ2) is 11.7. The van der Waals surface area contributed by atoms with Crippen molar-refractivity contribution in [2.24, 2.45) is 0 Å². The third kappa shape index (κ3) is 5.18. The van der Waals surface area contributed by atoms with Crippen molar-refractivity contribution in [2.45, 2.75) is 0 Å². The first-order chi connectivity index (χ1) is 23.3. The fourth-order valence-electron chi connectivity index (χ4n) is 6.34. The minimum Gasteiger partial charge on any atom is -0.310 e. The monoisotopic (exact) mass is 636 g/mol. The van der Waals surface area contributed by atoms with Crippen molar-refractivity contribution in [2.75, 3.05) is 4.90 Å². The number of hydrogen-bond donors (Lipinski definition) is 0. The zero-order chi connectivity index (χ0) is 31.2. The molecular weight excluding hydrogens is 609 g/mol. The number of thiazole rings is 1. The normalized spacial score (nSPS) is 11.4. The van der Waals surface area contributed by atoms with Crippen LogP contribution in [0.15, 0.2) is 170 Å². The molecule has 0 N–H and O–H groups in total. The van der Waals surface area contributed by atoms with Gasteiger partial charge in [-0.15, -0.1) is 22.7 Å². The van der Waals surface area contributed by atoms with E-state index in [9.17, 15) is 0 Å². The minimum absolute atomic E-state index is 1.06. The minimum atomic E-state index is 1.06. The van der Waals surface area contributed by atoms with Gasteiger partial charge in [0.1, 0.15) is 5.01 Å². The summed E-state index contributed by atoms with van der Waals surface area (Å²) in [6, 6.07) is 60.9. The van der Waals surface area contributed by atoms with E-state index in [-0.39, 0.29) is 0 Å². The molecule has 0 fully saturated rings. The van der Waals surface area contributed by atoms with Crippen LogP contribution in [0.5, 0.6) is 0 Å². The SMILES string of the molecule is c1ccc(-c2ccc(N(c3ccc(-c4ccccc4)cc3)c3ccc4c(c3)sc3cc5nc(-c6ccccc6)sc5cc34)cc2)cc1. The summed E-state index contributed by atoms with van der Waals surface area (Å²) in [4.78, 5) is 7.36. The molecule has 0 aliphatic rings. The molecule has 2 aromatic heterocycles. The molecule has 0 amide bonds. The van der Waals surface area contributed by atoms with Crippen LogP contribution in [0, 0.1) is 0 Å². The predicted octanol–water partition coefficient (Wildman–Crippen LogP) is 13.1. The summed E-state index contributed by atoms with van der Waals surface area (Å²) in [5, 5.41) is 3.64. The summed E-state index contributed by atoms with van der Waals surface area (Å²) in [5.74, 6) is 0. The van der Waals surface area contributed by atoms with Gasteiger partial charge >= 0.3 is 0 Å². The first kappa shape index (κ1) is 27.7. The first-order valence-corrected chi connectivity index (χ1v) is 17.3. The van der Waals surface area contributed by atoms with E-state index >= 15 is 0 Å². The first-order valence-electron chi connectivity index (χ1n) is 15.7. The number of rotatable bonds is 6. The van der Waals surface area contributed by atoms with E-state index in [1.165, 1.54) is 52.7 Å². The summed E-state index contributed by atoms with van der Waals surface area (Å²) in [7, 11) is 0. The van der Waals surface area contributed by atoms with Crippen LogP contribution in [0.1, 0.15) is 0 Å². The molecule has 9 aromatic rings.